The largest absolute Gasteiger partial charge is 0.438 e. The van der Waals surface area contributed by atoms with E-state index in [0.29, 0.717) is 22.2 Å². The average molecular weight is 518 g/mol. The lowest BCUT2D eigenvalue weighted by molar-refractivity contribution is -0.214. The molecular weight excluding hydrogens is 482 g/mol. The molecule has 2 fully saturated rings. The molecule has 1 aromatic carbocycles. The normalized spacial score (nSPS) is 42.2. The number of halogens is 1. The fraction of sp³-hybridized carbons (Fsp3) is 0.607. The van der Waals surface area contributed by atoms with Gasteiger partial charge in [-0.3, -0.25) is 4.90 Å². The molecule has 0 aliphatic heterocycles. The summed E-state index contributed by atoms with van der Waals surface area (Å²) in [4.78, 5) is 14.6. The van der Waals surface area contributed by atoms with Crippen molar-refractivity contribution in [1.29, 1.82) is 0 Å². The molecule has 7 nitrogen and oxygen atoms in total. The fourth-order valence-corrected chi connectivity index (χ4v) is 7.98. The van der Waals surface area contributed by atoms with E-state index in [1.165, 1.54) is 4.90 Å². The van der Waals surface area contributed by atoms with Crippen LogP contribution in [0.4, 0.5) is 10.5 Å². The van der Waals surface area contributed by atoms with Crippen LogP contribution in [0.15, 0.2) is 47.6 Å². The number of benzene rings is 1. The highest BCUT2D eigenvalue weighted by atomic mass is 35.5. The molecule has 0 aromatic heterocycles. The molecule has 1 unspecified atom stereocenters. The molecule has 36 heavy (non-hydrogen) atoms. The molecule has 8 heteroatoms. The van der Waals surface area contributed by atoms with Gasteiger partial charge in [-0.25, -0.2) is 4.79 Å². The van der Waals surface area contributed by atoms with E-state index in [0.717, 1.165) is 6.42 Å². The molecule has 1 aromatic rings. The zero-order valence-electron chi connectivity index (χ0n) is 21.4. The number of carbonyl (C=O) groups excluding carboxylic acids is 1. The van der Waals surface area contributed by atoms with Crippen LogP contribution in [0.2, 0.25) is 5.02 Å². The third kappa shape index (κ3) is 3.23. The van der Waals surface area contributed by atoms with Crippen molar-refractivity contribution >= 4 is 23.4 Å². The van der Waals surface area contributed by atoms with Gasteiger partial charge in [-0.2, -0.15) is 0 Å². The molecule has 2 bridgehead atoms. The predicted molar refractivity (Wildman–Crippen MR) is 136 cm³/mol. The topological polar surface area (TPSA) is 110 Å². The number of amides is 1. The van der Waals surface area contributed by atoms with Crippen molar-refractivity contribution in [2.24, 2.45) is 34.5 Å². The Morgan fingerprint density at radius 2 is 1.86 bits per heavy atom. The first-order valence-corrected chi connectivity index (χ1v) is 13.0. The van der Waals surface area contributed by atoms with Crippen LogP contribution in [0.3, 0.4) is 0 Å². The maximum absolute atomic E-state index is 13.3. The van der Waals surface area contributed by atoms with E-state index >= 15 is 0 Å². The lowest BCUT2D eigenvalue weighted by atomic mass is 9.58. The van der Waals surface area contributed by atoms with Gasteiger partial charge in [-0.05, 0) is 71.9 Å². The SMILES string of the molecule is CC1=C[C@]23C(O)[C@@H](C=C(CO)[C@@H](O)[C@]2(O)[C@H]1OC(=O)N(C)c1ccc(Cl)cc1)[C@H]1[C@@H](C[C@H]3C)C1(C)C. The standard InChI is InChI=1S/C28H36ClNO6/c1-14-12-27-15(2)10-20-21(26(20,3)4)19(23(27)33)11-16(13-31)22(32)28(27,35)24(14)36-25(34)30(5)18-8-6-17(29)7-9-18/h6-9,11-12,15,19-24,31-33,35H,10,13H2,1-5H3/t15-,19+,20-,21+,22-,23?,24+,27+,28+/m1/s1. The summed E-state index contributed by atoms with van der Waals surface area (Å²) in [5.41, 5.74) is -1.95. The van der Waals surface area contributed by atoms with E-state index < -0.39 is 42.0 Å². The molecule has 196 valence electrons. The van der Waals surface area contributed by atoms with Gasteiger partial charge in [0.05, 0.1) is 18.1 Å². The number of anilines is 1. The van der Waals surface area contributed by atoms with E-state index in [4.69, 9.17) is 16.3 Å². The van der Waals surface area contributed by atoms with Crippen molar-refractivity contribution in [3.63, 3.8) is 0 Å². The highest BCUT2D eigenvalue weighted by Gasteiger charge is 2.76. The molecule has 5 rings (SSSR count). The summed E-state index contributed by atoms with van der Waals surface area (Å²) in [5, 5.41) is 46.9. The second-order valence-corrected chi connectivity index (χ2v) is 12.3. The van der Waals surface area contributed by atoms with Gasteiger partial charge in [-0.15, -0.1) is 0 Å². The number of ether oxygens (including phenoxy) is 1. The number of hydrogen-bond acceptors (Lipinski definition) is 6. The summed E-state index contributed by atoms with van der Waals surface area (Å²) in [5.74, 6) is -0.0631. The van der Waals surface area contributed by atoms with Crippen molar-refractivity contribution < 1.29 is 30.0 Å². The number of rotatable bonds is 3. The summed E-state index contributed by atoms with van der Waals surface area (Å²) < 4.78 is 5.92. The van der Waals surface area contributed by atoms with Crippen LogP contribution >= 0.6 is 11.6 Å². The monoisotopic (exact) mass is 517 g/mol. The number of fused-ring (bicyclic) bond motifs is 3. The number of hydrogen-bond donors (Lipinski definition) is 4. The van der Waals surface area contributed by atoms with Crippen LogP contribution in [-0.4, -0.2) is 64.1 Å². The van der Waals surface area contributed by atoms with Gasteiger partial charge in [0.15, 0.2) is 6.10 Å². The third-order valence-electron chi connectivity index (χ3n) is 9.87. The average Bonchev–Trinajstić information content (AvgIpc) is 3.32. The zero-order valence-corrected chi connectivity index (χ0v) is 22.1. The molecule has 0 saturated heterocycles. The van der Waals surface area contributed by atoms with Crippen LogP contribution in [-0.2, 0) is 4.74 Å². The molecule has 1 spiro atoms. The molecule has 0 radical (unpaired) electrons. The zero-order chi connectivity index (χ0) is 26.4. The van der Waals surface area contributed by atoms with Gasteiger partial charge >= 0.3 is 6.09 Å². The van der Waals surface area contributed by atoms with Crippen LogP contribution in [0.1, 0.15) is 34.1 Å². The predicted octanol–water partition coefficient (Wildman–Crippen LogP) is 3.54. The second kappa shape index (κ2) is 8.30. The Morgan fingerprint density at radius 1 is 1.22 bits per heavy atom. The number of carbonyl (C=O) groups is 1. The molecule has 2 saturated carbocycles. The van der Waals surface area contributed by atoms with Gasteiger partial charge in [0.1, 0.15) is 11.7 Å². The number of aliphatic hydroxyl groups is 4. The third-order valence-corrected chi connectivity index (χ3v) is 10.1. The van der Waals surface area contributed by atoms with E-state index in [-0.39, 0.29) is 28.7 Å². The van der Waals surface area contributed by atoms with Gasteiger partial charge in [-0.1, -0.05) is 44.5 Å². The van der Waals surface area contributed by atoms with Crippen LogP contribution in [0.5, 0.6) is 0 Å². The van der Waals surface area contributed by atoms with Crippen molar-refractivity contribution in [2.45, 2.75) is 58.0 Å². The fourth-order valence-electron chi connectivity index (χ4n) is 7.85. The molecule has 4 aliphatic rings. The van der Waals surface area contributed by atoms with E-state index in [2.05, 4.69) is 13.8 Å². The van der Waals surface area contributed by atoms with Gasteiger partial charge in [0.2, 0.25) is 0 Å². The number of nitrogens with zero attached hydrogens (tertiary/aromatic N) is 1. The Kier molecular flexibility index (Phi) is 5.93. The van der Waals surface area contributed by atoms with Crippen molar-refractivity contribution in [1.82, 2.24) is 0 Å². The maximum Gasteiger partial charge on any atom is 0.414 e. The van der Waals surface area contributed by atoms with E-state index in [1.807, 2.05) is 13.0 Å². The summed E-state index contributed by atoms with van der Waals surface area (Å²) in [6, 6.07) is 6.68. The van der Waals surface area contributed by atoms with Gasteiger partial charge < -0.3 is 25.2 Å². The quantitative estimate of drug-likeness (QED) is 0.456. The van der Waals surface area contributed by atoms with Crippen LogP contribution in [0.25, 0.3) is 0 Å². The van der Waals surface area contributed by atoms with Crippen LogP contribution < -0.4 is 4.90 Å². The highest BCUT2D eigenvalue weighted by molar-refractivity contribution is 6.30. The minimum atomic E-state index is -2.06. The molecule has 4 N–H and O–H groups in total. The summed E-state index contributed by atoms with van der Waals surface area (Å²) in [7, 11) is 1.55. The Balaban J connectivity index is 1.57. The lowest BCUT2D eigenvalue weighted by Crippen LogP contribution is -2.67. The first kappa shape index (κ1) is 25.7. The smallest absolute Gasteiger partial charge is 0.414 e. The molecule has 9 atom stereocenters. The minimum absolute atomic E-state index is 0.0104. The lowest BCUT2D eigenvalue weighted by Gasteiger charge is -2.52. The van der Waals surface area contributed by atoms with Gasteiger partial charge in [0.25, 0.3) is 0 Å². The van der Waals surface area contributed by atoms with Crippen molar-refractivity contribution in [3.05, 3.63) is 52.6 Å². The Labute approximate surface area is 217 Å². The van der Waals surface area contributed by atoms with Crippen molar-refractivity contribution in [3.8, 4) is 0 Å². The van der Waals surface area contributed by atoms with E-state index in [9.17, 15) is 25.2 Å². The van der Waals surface area contributed by atoms with E-state index in [1.54, 1.807) is 44.3 Å². The van der Waals surface area contributed by atoms with Gasteiger partial charge in [0, 0.05) is 23.7 Å². The summed E-state index contributed by atoms with van der Waals surface area (Å²) in [6.45, 7) is 7.64. The Bertz CT molecular complexity index is 1130. The maximum atomic E-state index is 13.3. The Hall–Kier alpha value is -1.90. The Morgan fingerprint density at radius 3 is 2.47 bits per heavy atom. The summed E-state index contributed by atoms with van der Waals surface area (Å²) >= 11 is 5.97. The molecule has 0 heterocycles. The molecular formula is C28H36ClNO6. The molecule has 1 amide bonds. The number of aliphatic hydroxyl groups excluding tert-OH is 3. The highest BCUT2D eigenvalue weighted by Crippen LogP contribution is 2.72. The van der Waals surface area contributed by atoms with Crippen molar-refractivity contribution in [2.75, 3.05) is 18.6 Å². The summed E-state index contributed by atoms with van der Waals surface area (Å²) in [6.07, 6.45) is -0.149. The molecule has 4 aliphatic carbocycles. The second-order valence-electron chi connectivity index (χ2n) is 11.9. The minimum Gasteiger partial charge on any atom is -0.438 e. The first-order chi connectivity index (χ1) is 16.8. The first-order valence-electron chi connectivity index (χ1n) is 12.6. The van der Waals surface area contributed by atoms with Crippen LogP contribution in [0, 0.1) is 34.5 Å².